The molecule has 0 bridgehead atoms. The highest BCUT2D eigenvalue weighted by atomic mass is 16.2. The Morgan fingerprint density at radius 2 is 1.75 bits per heavy atom. The maximum absolute atomic E-state index is 13.4. The number of unbranched alkanes of at least 4 members (excludes halogenated alkanes) is 1. The van der Waals surface area contributed by atoms with Crippen LogP contribution >= 0.6 is 0 Å². The number of hydrogen-bond donors (Lipinski definition) is 1. The van der Waals surface area contributed by atoms with Gasteiger partial charge in [0.2, 0.25) is 11.8 Å². The molecule has 1 aliphatic carbocycles. The maximum atomic E-state index is 13.4. The molecule has 0 unspecified atom stereocenters. The SMILES string of the molecule is CCCCC(=O)N(CC(=O)N(CCc1c[nH]c2ccccc12)Cc1ccccc1)C1CC1. The van der Waals surface area contributed by atoms with Gasteiger partial charge in [0.25, 0.3) is 0 Å². The van der Waals surface area contributed by atoms with Crippen LogP contribution in [0.15, 0.2) is 60.8 Å². The Morgan fingerprint density at radius 1 is 1.00 bits per heavy atom. The van der Waals surface area contributed by atoms with E-state index in [1.807, 2.05) is 46.3 Å². The smallest absolute Gasteiger partial charge is 0.242 e. The first-order chi connectivity index (χ1) is 15.7. The van der Waals surface area contributed by atoms with Crippen LogP contribution in [0.4, 0.5) is 0 Å². The second-order valence-corrected chi connectivity index (χ2v) is 8.77. The number of nitrogens with one attached hydrogen (secondary N) is 1. The van der Waals surface area contributed by atoms with Crippen molar-refractivity contribution < 1.29 is 9.59 Å². The van der Waals surface area contributed by atoms with Crippen molar-refractivity contribution in [2.45, 2.75) is 58.0 Å². The number of carbonyl (C=O) groups excluding carboxylic acids is 2. The summed E-state index contributed by atoms with van der Waals surface area (Å²) in [5.74, 6) is 0.157. The van der Waals surface area contributed by atoms with Crippen molar-refractivity contribution in [1.82, 2.24) is 14.8 Å². The summed E-state index contributed by atoms with van der Waals surface area (Å²) in [7, 11) is 0. The average molecular weight is 432 g/mol. The quantitative estimate of drug-likeness (QED) is 0.468. The Bertz CT molecular complexity index is 1040. The molecule has 2 aromatic carbocycles. The van der Waals surface area contributed by atoms with E-state index in [-0.39, 0.29) is 24.4 Å². The lowest BCUT2D eigenvalue weighted by molar-refractivity contribution is -0.141. The second kappa shape index (κ2) is 10.5. The monoisotopic (exact) mass is 431 g/mol. The number of H-pyrrole nitrogens is 1. The number of fused-ring (bicyclic) bond motifs is 1. The van der Waals surface area contributed by atoms with Crippen molar-refractivity contribution in [3.05, 3.63) is 71.9 Å². The first kappa shape index (κ1) is 22.1. The zero-order valence-electron chi connectivity index (χ0n) is 18.9. The molecule has 1 fully saturated rings. The number of rotatable bonds is 11. The van der Waals surface area contributed by atoms with Crippen LogP contribution in [0, 0.1) is 0 Å². The molecule has 0 saturated heterocycles. The second-order valence-electron chi connectivity index (χ2n) is 8.77. The number of aromatic nitrogens is 1. The third-order valence-electron chi connectivity index (χ3n) is 6.25. The summed E-state index contributed by atoms with van der Waals surface area (Å²) in [5, 5.41) is 1.20. The van der Waals surface area contributed by atoms with Gasteiger partial charge in [0.1, 0.15) is 6.54 Å². The lowest BCUT2D eigenvalue weighted by atomic mass is 10.1. The Labute approximate surface area is 190 Å². The fraction of sp³-hybridized carbons (Fsp3) is 0.407. The van der Waals surface area contributed by atoms with Crippen LogP contribution in [0.5, 0.6) is 0 Å². The number of benzene rings is 2. The maximum Gasteiger partial charge on any atom is 0.242 e. The van der Waals surface area contributed by atoms with Gasteiger partial charge in [0, 0.05) is 42.7 Å². The molecular formula is C27H33N3O2. The topological polar surface area (TPSA) is 56.4 Å². The molecule has 1 aromatic heterocycles. The molecular weight excluding hydrogens is 398 g/mol. The number of nitrogens with zero attached hydrogens (tertiary/aromatic N) is 2. The van der Waals surface area contributed by atoms with Crippen LogP contribution in [0.3, 0.4) is 0 Å². The van der Waals surface area contributed by atoms with E-state index in [2.05, 4.69) is 36.2 Å². The van der Waals surface area contributed by atoms with Crippen LogP contribution < -0.4 is 0 Å². The van der Waals surface area contributed by atoms with Gasteiger partial charge in [-0.15, -0.1) is 0 Å². The Balaban J connectivity index is 1.47. The largest absolute Gasteiger partial charge is 0.361 e. The standard InChI is InChI=1S/C27H33N3O2/c1-2-3-13-26(31)30(23-14-15-23)20-27(32)29(19-21-9-5-4-6-10-21)17-16-22-18-28-25-12-8-7-11-24(22)25/h4-12,18,23,28H,2-3,13-17,19-20H2,1H3. The minimum atomic E-state index is 0.0328. The molecule has 0 aliphatic heterocycles. The van der Waals surface area contributed by atoms with Crippen LogP contribution in [-0.2, 0) is 22.6 Å². The number of aromatic amines is 1. The minimum Gasteiger partial charge on any atom is -0.361 e. The summed E-state index contributed by atoms with van der Waals surface area (Å²) in [4.78, 5) is 33.2. The minimum absolute atomic E-state index is 0.0328. The predicted octanol–water partition coefficient (Wildman–Crippen LogP) is 4.92. The predicted molar refractivity (Wildman–Crippen MR) is 128 cm³/mol. The Hall–Kier alpha value is -3.08. The van der Waals surface area contributed by atoms with Gasteiger partial charge >= 0.3 is 0 Å². The summed E-state index contributed by atoms with van der Waals surface area (Å²) >= 11 is 0. The fourth-order valence-corrected chi connectivity index (χ4v) is 4.21. The number of hydrogen-bond acceptors (Lipinski definition) is 2. The van der Waals surface area contributed by atoms with Crippen LogP contribution in [0.1, 0.15) is 50.2 Å². The molecule has 168 valence electrons. The zero-order chi connectivity index (χ0) is 22.3. The fourth-order valence-electron chi connectivity index (χ4n) is 4.21. The average Bonchev–Trinajstić information content (AvgIpc) is 3.58. The normalized spacial score (nSPS) is 13.3. The molecule has 5 nitrogen and oxygen atoms in total. The van der Waals surface area contributed by atoms with E-state index in [1.54, 1.807) is 0 Å². The van der Waals surface area contributed by atoms with Gasteiger partial charge in [0.15, 0.2) is 0 Å². The molecule has 0 spiro atoms. The van der Waals surface area contributed by atoms with Gasteiger partial charge in [0.05, 0.1) is 0 Å². The van der Waals surface area contributed by atoms with Crippen molar-refractivity contribution in [3.63, 3.8) is 0 Å². The highest BCUT2D eigenvalue weighted by Gasteiger charge is 2.34. The van der Waals surface area contributed by atoms with Gasteiger partial charge in [-0.1, -0.05) is 61.9 Å². The Kier molecular flexibility index (Phi) is 7.25. The molecule has 5 heteroatoms. The Morgan fingerprint density at radius 3 is 2.50 bits per heavy atom. The van der Waals surface area contributed by atoms with Crippen molar-refractivity contribution in [2.24, 2.45) is 0 Å². The van der Waals surface area contributed by atoms with E-state index in [0.29, 0.717) is 19.5 Å². The van der Waals surface area contributed by atoms with E-state index in [4.69, 9.17) is 0 Å². The first-order valence-corrected chi connectivity index (χ1v) is 11.8. The molecule has 32 heavy (non-hydrogen) atoms. The summed E-state index contributed by atoms with van der Waals surface area (Å²) in [6.45, 7) is 3.46. The van der Waals surface area contributed by atoms with Gasteiger partial charge in [-0.25, -0.2) is 0 Å². The molecule has 4 rings (SSSR count). The molecule has 2 amide bonds. The molecule has 1 N–H and O–H groups in total. The zero-order valence-corrected chi connectivity index (χ0v) is 18.9. The van der Waals surface area contributed by atoms with Crippen LogP contribution in [0.2, 0.25) is 0 Å². The number of para-hydroxylation sites is 1. The number of carbonyl (C=O) groups is 2. The van der Waals surface area contributed by atoms with Gasteiger partial charge in [-0.05, 0) is 42.9 Å². The third-order valence-corrected chi connectivity index (χ3v) is 6.25. The summed E-state index contributed by atoms with van der Waals surface area (Å²) in [6, 6.07) is 18.6. The molecule has 0 atom stereocenters. The van der Waals surface area contributed by atoms with Gasteiger partial charge in [-0.3, -0.25) is 9.59 Å². The summed E-state index contributed by atoms with van der Waals surface area (Å²) in [5.41, 5.74) is 3.43. The lowest BCUT2D eigenvalue weighted by Gasteiger charge is -2.28. The molecule has 1 aliphatic rings. The van der Waals surface area contributed by atoms with Crippen LogP contribution in [-0.4, -0.2) is 45.7 Å². The third kappa shape index (κ3) is 5.58. The van der Waals surface area contributed by atoms with Crippen molar-refractivity contribution in [3.8, 4) is 0 Å². The molecule has 1 heterocycles. The van der Waals surface area contributed by atoms with Crippen molar-refractivity contribution >= 4 is 22.7 Å². The van der Waals surface area contributed by atoms with E-state index in [9.17, 15) is 9.59 Å². The lowest BCUT2D eigenvalue weighted by Crippen LogP contribution is -2.44. The molecule has 3 aromatic rings. The van der Waals surface area contributed by atoms with Gasteiger partial charge in [-0.2, -0.15) is 0 Å². The summed E-state index contributed by atoms with van der Waals surface area (Å²) in [6.07, 6.45) is 7.25. The van der Waals surface area contributed by atoms with E-state index < -0.39 is 0 Å². The van der Waals surface area contributed by atoms with Crippen molar-refractivity contribution in [2.75, 3.05) is 13.1 Å². The van der Waals surface area contributed by atoms with E-state index in [1.165, 1.54) is 10.9 Å². The van der Waals surface area contributed by atoms with Crippen molar-refractivity contribution in [1.29, 1.82) is 0 Å². The highest BCUT2D eigenvalue weighted by Crippen LogP contribution is 2.28. The highest BCUT2D eigenvalue weighted by molar-refractivity contribution is 5.86. The first-order valence-electron chi connectivity index (χ1n) is 11.8. The van der Waals surface area contributed by atoms with Crippen LogP contribution in [0.25, 0.3) is 10.9 Å². The van der Waals surface area contributed by atoms with Gasteiger partial charge < -0.3 is 14.8 Å². The summed E-state index contributed by atoms with van der Waals surface area (Å²) < 4.78 is 0. The van der Waals surface area contributed by atoms with E-state index in [0.717, 1.165) is 43.2 Å². The molecule has 1 saturated carbocycles. The number of amides is 2. The molecule has 0 radical (unpaired) electrons. The van der Waals surface area contributed by atoms with E-state index >= 15 is 0 Å².